The normalized spacial score (nSPS) is 13.6. The van der Waals surface area contributed by atoms with Crippen molar-refractivity contribution in [2.24, 2.45) is 0 Å². The average Bonchev–Trinajstić information content (AvgIpc) is 3.45. The second-order valence-corrected chi connectivity index (χ2v) is 9.19. The van der Waals surface area contributed by atoms with Gasteiger partial charge in [0.1, 0.15) is 24.3 Å². The molecule has 0 fully saturated rings. The van der Waals surface area contributed by atoms with Crippen molar-refractivity contribution in [2.45, 2.75) is 51.7 Å². The summed E-state index contributed by atoms with van der Waals surface area (Å²) in [5, 5.41) is 0. The van der Waals surface area contributed by atoms with Gasteiger partial charge in [0.15, 0.2) is 17.3 Å². The largest absolute Gasteiger partial charge is 0.490 e. The van der Waals surface area contributed by atoms with Gasteiger partial charge in [0.25, 0.3) is 0 Å². The molecule has 0 unspecified atom stereocenters. The number of aromatic amines is 1. The number of ketones is 1. The predicted octanol–water partition coefficient (Wildman–Crippen LogP) is 6.66. The maximum absolute atomic E-state index is 12.7. The first kappa shape index (κ1) is 24.6. The molecule has 3 aromatic carbocycles. The highest BCUT2D eigenvalue weighted by Gasteiger charge is 2.25. The van der Waals surface area contributed by atoms with Crippen molar-refractivity contribution >= 4 is 5.78 Å². The van der Waals surface area contributed by atoms with Crippen LogP contribution in [0.4, 0.5) is 0 Å². The van der Waals surface area contributed by atoms with Crippen LogP contribution in [-0.4, -0.2) is 22.4 Å². The van der Waals surface area contributed by atoms with E-state index in [2.05, 4.69) is 29.0 Å². The Balaban J connectivity index is 1.48. The molecule has 1 aliphatic carbocycles. The Morgan fingerprint density at radius 3 is 2.46 bits per heavy atom. The molecule has 37 heavy (non-hydrogen) atoms. The number of H-pyrrole nitrogens is 1. The number of para-hydroxylation sites is 2. The molecule has 1 aromatic heterocycles. The monoisotopic (exact) mass is 496 g/mol. The van der Waals surface area contributed by atoms with Crippen molar-refractivity contribution in [3.8, 4) is 17.2 Å². The van der Waals surface area contributed by atoms with Crippen molar-refractivity contribution in [1.29, 1.82) is 0 Å². The van der Waals surface area contributed by atoms with Crippen molar-refractivity contribution < 1.29 is 19.0 Å². The summed E-state index contributed by atoms with van der Waals surface area (Å²) < 4.78 is 18.9. The van der Waals surface area contributed by atoms with E-state index in [0.29, 0.717) is 30.9 Å². The second kappa shape index (κ2) is 11.8. The maximum atomic E-state index is 12.7. The third-order valence-corrected chi connectivity index (χ3v) is 6.58. The van der Waals surface area contributed by atoms with E-state index < -0.39 is 0 Å². The Morgan fingerprint density at radius 1 is 0.919 bits per heavy atom. The van der Waals surface area contributed by atoms with Crippen LogP contribution in [0.25, 0.3) is 0 Å². The number of ether oxygens (including phenoxy) is 3. The van der Waals surface area contributed by atoms with Crippen LogP contribution in [-0.2, 0) is 19.4 Å². The molecule has 0 radical (unpaired) electrons. The first-order chi connectivity index (χ1) is 18.2. The van der Waals surface area contributed by atoms with Gasteiger partial charge in [0.05, 0.1) is 6.61 Å². The minimum absolute atomic E-state index is 0.177. The van der Waals surface area contributed by atoms with Crippen LogP contribution in [0.15, 0.2) is 79.1 Å². The van der Waals surface area contributed by atoms with E-state index in [-0.39, 0.29) is 18.5 Å². The van der Waals surface area contributed by atoms with E-state index >= 15 is 0 Å². The fourth-order valence-corrected chi connectivity index (χ4v) is 4.73. The Labute approximate surface area is 217 Å². The van der Waals surface area contributed by atoms with E-state index in [4.69, 9.17) is 14.2 Å². The van der Waals surface area contributed by atoms with Crippen LogP contribution in [0, 0.1) is 0 Å². The topological polar surface area (TPSA) is 73.4 Å². The minimum Gasteiger partial charge on any atom is -0.490 e. The molecule has 5 rings (SSSR count). The number of hydrogen-bond donors (Lipinski definition) is 1. The highest BCUT2D eigenvalue weighted by atomic mass is 16.5. The van der Waals surface area contributed by atoms with Crippen LogP contribution in [0.2, 0.25) is 0 Å². The van der Waals surface area contributed by atoms with Gasteiger partial charge in [0, 0.05) is 36.4 Å². The van der Waals surface area contributed by atoms with Gasteiger partial charge in [-0.3, -0.25) is 4.79 Å². The Hall–Kier alpha value is -4.06. The number of Topliss-reactive ketones (excluding diaryl/α,β-unsaturated/α-hetero) is 1. The molecule has 190 valence electrons. The molecule has 0 spiro atoms. The Bertz CT molecular complexity index is 1320. The number of carbonyl (C=O) groups excluding carboxylic acids is 1. The van der Waals surface area contributed by atoms with Gasteiger partial charge >= 0.3 is 0 Å². The predicted molar refractivity (Wildman–Crippen MR) is 142 cm³/mol. The summed E-state index contributed by atoms with van der Waals surface area (Å²) in [4.78, 5) is 20.3. The Morgan fingerprint density at radius 2 is 1.70 bits per heavy atom. The molecular formula is C31H32N2O4. The SMILES string of the molecule is CCCOc1ccccc1OCc1c(O[C@@H](Cc2ncc[nH]2)c2ccccc2)ccc2c1CCCC2=O. The van der Waals surface area contributed by atoms with Crippen molar-refractivity contribution in [2.75, 3.05) is 6.61 Å². The second-order valence-electron chi connectivity index (χ2n) is 9.19. The summed E-state index contributed by atoms with van der Waals surface area (Å²) in [6.45, 7) is 2.97. The number of fused-ring (bicyclic) bond motifs is 1. The lowest BCUT2D eigenvalue weighted by Gasteiger charge is -2.25. The highest BCUT2D eigenvalue weighted by molar-refractivity contribution is 5.99. The zero-order valence-electron chi connectivity index (χ0n) is 21.1. The molecule has 0 saturated carbocycles. The van der Waals surface area contributed by atoms with E-state index in [1.54, 1.807) is 6.20 Å². The highest BCUT2D eigenvalue weighted by Crippen LogP contribution is 2.36. The quantitative estimate of drug-likeness (QED) is 0.251. The number of hydrogen-bond acceptors (Lipinski definition) is 5. The average molecular weight is 497 g/mol. The summed E-state index contributed by atoms with van der Waals surface area (Å²) in [6, 6.07) is 21.7. The summed E-state index contributed by atoms with van der Waals surface area (Å²) >= 11 is 0. The molecule has 6 nitrogen and oxygen atoms in total. The lowest BCUT2D eigenvalue weighted by Crippen LogP contribution is -2.18. The summed E-state index contributed by atoms with van der Waals surface area (Å²) in [6.07, 6.45) is 7.03. The van der Waals surface area contributed by atoms with Gasteiger partial charge in [0.2, 0.25) is 0 Å². The minimum atomic E-state index is -0.261. The van der Waals surface area contributed by atoms with Crippen LogP contribution in [0.1, 0.15) is 65.2 Å². The third kappa shape index (κ3) is 5.85. The molecule has 0 aliphatic heterocycles. The first-order valence-electron chi connectivity index (χ1n) is 13.0. The first-order valence-corrected chi connectivity index (χ1v) is 13.0. The van der Waals surface area contributed by atoms with Gasteiger partial charge in [-0.25, -0.2) is 4.98 Å². The van der Waals surface area contributed by atoms with Crippen molar-refractivity contribution in [3.05, 3.63) is 107 Å². The van der Waals surface area contributed by atoms with Crippen molar-refractivity contribution in [1.82, 2.24) is 9.97 Å². The molecule has 0 bridgehead atoms. The number of imidazole rings is 1. The number of nitrogens with zero attached hydrogens (tertiary/aromatic N) is 1. The smallest absolute Gasteiger partial charge is 0.163 e. The molecule has 0 saturated heterocycles. The fraction of sp³-hybridized carbons (Fsp3) is 0.290. The fourth-order valence-electron chi connectivity index (χ4n) is 4.73. The number of benzene rings is 3. The van der Waals surface area contributed by atoms with Gasteiger partial charge in [-0.2, -0.15) is 0 Å². The molecular weight excluding hydrogens is 464 g/mol. The maximum Gasteiger partial charge on any atom is 0.163 e. The lowest BCUT2D eigenvalue weighted by molar-refractivity contribution is 0.0971. The van der Waals surface area contributed by atoms with E-state index in [1.807, 2.05) is 60.8 Å². The standard InChI is InChI=1S/C31H32N2O4/c1-2-19-35-28-13-6-7-14-29(28)36-21-25-23-11-8-12-26(34)24(23)15-16-27(25)37-30(20-31-32-17-18-33-31)22-9-4-3-5-10-22/h3-7,9-10,13-18,30H,2,8,11-12,19-21H2,1H3,(H,32,33)/t30-/m0/s1. The third-order valence-electron chi connectivity index (χ3n) is 6.58. The van der Waals surface area contributed by atoms with Crippen LogP contribution in [0.3, 0.4) is 0 Å². The van der Waals surface area contributed by atoms with Gasteiger partial charge < -0.3 is 19.2 Å². The molecule has 1 atom stereocenters. The zero-order valence-corrected chi connectivity index (χ0v) is 21.1. The molecule has 1 heterocycles. The number of rotatable bonds is 11. The van der Waals surface area contributed by atoms with Gasteiger partial charge in [-0.1, -0.05) is 49.4 Å². The molecule has 4 aromatic rings. The molecule has 1 aliphatic rings. The summed E-state index contributed by atoms with van der Waals surface area (Å²) in [5.74, 6) is 3.14. The summed E-state index contributed by atoms with van der Waals surface area (Å²) in [7, 11) is 0. The summed E-state index contributed by atoms with van der Waals surface area (Å²) in [5.41, 5.74) is 3.76. The van der Waals surface area contributed by atoms with Crippen LogP contribution in [0.5, 0.6) is 17.2 Å². The van der Waals surface area contributed by atoms with E-state index in [0.717, 1.165) is 53.1 Å². The van der Waals surface area contributed by atoms with Gasteiger partial charge in [-0.15, -0.1) is 0 Å². The van der Waals surface area contributed by atoms with Crippen molar-refractivity contribution in [3.63, 3.8) is 0 Å². The molecule has 0 amide bonds. The number of nitrogens with one attached hydrogen (secondary N) is 1. The molecule has 1 N–H and O–H groups in total. The molecule has 6 heteroatoms. The number of carbonyl (C=O) groups is 1. The van der Waals surface area contributed by atoms with Crippen LogP contribution >= 0.6 is 0 Å². The Kier molecular flexibility index (Phi) is 7.84. The van der Waals surface area contributed by atoms with Crippen LogP contribution < -0.4 is 14.2 Å². The number of aromatic nitrogens is 2. The van der Waals surface area contributed by atoms with E-state index in [1.165, 1.54) is 0 Å². The zero-order chi connectivity index (χ0) is 25.5. The van der Waals surface area contributed by atoms with E-state index in [9.17, 15) is 4.79 Å². The van der Waals surface area contributed by atoms with Gasteiger partial charge in [-0.05, 0) is 54.7 Å². The lowest BCUT2D eigenvalue weighted by atomic mass is 9.87.